The third-order valence-corrected chi connectivity index (χ3v) is 4.33. The van der Waals surface area contributed by atoms with Gasteiger partial charge in [-0.15, -0.1) is 0 Å². The second-order valence-electron chi connectivity index (χ2n) is 5.84. The summed E-state index contributed by atoms with van der Waals surface area (Å²) in [6.07, 6.45) is 3.39. The molecular weight excluding hydrogens is 256 g/mol. The SMILES string of the molecule is CN(CC1(N(C)C)CCC1)C(=O)c1ccc(O)c(O)c1. The first-order valence-electron chi connectivity index (χ1n) is 6.81. The van der Waals surface area contributed by atoms with Gasteiger partial charge in [0.05, 0.1) is 0 Å². The van der Waals surface area contributed by atoms with E-state index in [1.54, 1.807) is 11.9 Å². The lowest BCUT2D eigenvalue weighted by atomic mass is 9.75. The standard InChI is InChI=1S/C15H22N2O3/c1-16(2)15(7-4-8-15)10-17(3)14(20)11-5-6-12(18)13(19)9-11/h5-6,9,18-19H,4,7-8,10H2,1-3H3. The third-order valence-electron chi connectivity index (χ3n) is 4.33. The molecule has 0 aromatic heterocycles. The fraction of sp³-hybridized carbons (Fsp3) is 0.533. The summed E-state index contributed by atoms with van der Waals surface area (Å²) in [5.74, 6) is -0.628. The van der Waals surface area contributed by atoms with Crippen LogP contribution in [0.2, 0.25) is 0 Å². The average molecular weight is 278 g/mol. The van der Waals surface area contributed by atoms with Gasteiger partial charge in [-0.1, -0.05) is 0 Å². The zero-order chi connectivity index (χ0) is 14.9. The number of phenolic OH excluding ortho intramolecular Hbond substituents is 2. The van der Waals surface area contributed by atoms with Gasteiger partial charge in [0.25, 0.3) is 5.91 Å². The Labute approximate surface area is 119 Å². The Morgan fingerprint density at radius 3 is 2.30 bits per heavy atom. The Morgan fingerprint density at radius 2 is 1.85 bits per heavy atom. The molecule has 1 aromatic carbocycles. The van der Waals surface area contributed by atoms with Crippen LogP contribution in [-0.4, -0.2) is 59.1 Å². The molecule has 1 fully saturated rings. The Balaban J connectivity index is 2.10. The van der Waals surface area contributed by atoms with Crippen molar-refractivity contribution in [2.45, 2.75) is 24.8 Å². The molecule has 1 aromatic rings. The van der Waals surface area contributed by atoms with Crippen LogP contribution in [0.15, 0.2) is 18.2 Å². The predicted molar refractivity (Wildman–Crippen MR) is 77.0 cm³/mol. The lowest BCUT2D eigenvalue weighted by molar-refractivity contribution is 0.0252. The van der Waals surface area contributed by atoms with Gasteiger partial charge in [0.2, 0.25) is 0 Å². The highest BCUT2D eigenvalue weighted by atomic mass is 16.3. The van der Waals surface area contributed by atoms with Crippen molar-refractivity contribution in [3.8, 4) is 11.5 Å². The maximum atomic E-state index is 12.4. The van der Waals surface area contributed by atoms with Crippen LogP contribution >= 0.6 is 0 Å². The summed E-state index contributed by atoms with van der Waals surface area (Å²) in [6.45, 7) is 0.667. The molecule has 0 bridgehead atoms. The summed E-state index contributed by atoms with van der Waals surface area (Å²) in [5, 5.41) is 18.8. The van der Waals surface area contributed by atoms with Crippen LogP contribution in [0.5, 0.6) is 11.5 Å². The summed E-state index contributed by atoms with van der Waals surface area (Å²) >= 11 is 0. The van der Waals surface area contributed by atoms with E-state index in [4.69, 9.17) is 0 Å². The molecule has 110 valence electrons. The average Bonchev–Trinajstić information content (AvgIpc) is 2.35. The highest BCUT2D eigenvalue weighted by molar-refractivity contribution is 5.94. The van der Waals surface area contributed by atoms with E-state index >= 15 is 0 Å². The number of phenols is 2. The van der Waals surface area contributed by atoms with Crippen molar-refractivity contribution in [1.82, 2.24) is 9.80 Å². The smallest absolute Gasteiger partial charge is 0.253 e. The van der Waals surface area contributed by atoms with Crippen molar-refractivity contribution in [3.05, 3.63) is 23.8 Å². The molecule has 2 N–H and O–H groups in total. The molecule has 0 radical (unpaired) electrons. The first-order chi connectivity index (χ1) is 9.35. The number of carbonyl (C=O) groups excluding carboxylic acids is 1. The van der Waals surface area contributed by atoms with Crippen molar-refractivity contribution in [2.24, 2.45) is 0 Å². The van der Waals surface area contributed by atoms with Gasteiger partial charge in [-0.3, -0.25) is 4.79 Å². The molecule has 0 aliphatic heterocycles. The molecule has 1 aliphatic carbocycles. The lowest BCUT2D eigenvalue weighted by Gasteiger charge is -2.49. The number of nitrogens with zero attached hydrogens (tertiary/aromatic N) is 2. The van der Waals surface area contributed by atoms with Crippen LogP contribution in [0.1, 0.15) is 29.6 Å². The van der Waals surface area contributed by atoms with E-state index in [0.29, 0.717) is 12.1 Å². The van der Waals surface area contributed by atoms with Gasteiger partial charge in [-0.2, -0.15) is 0 Å². The molecule has 2 rings (SSSR count). The maximum absolute atomic E-state index is 12.4. The van der Waals surface area contributed by atoms with Crippen molar-refractivity contribution in [3.63, 3.8) is 0 Å². The zero-order valence-corrected chi connectivity index (χ0v) is 12.3. The predicted octanol–water partition coefficient (Wildman–Crippen LogP) is 1.65. The summed E-state index contributed by atoms with van der Waals surface area (Å²) in [6, 6.07) is 4.16. The third kappa shape index (κ3) is 2.58. The molecule has 1 aliphatic rings. The van der Waals surface area contributed by atoms with E-state index < -0.39 is 0 Å². The van der Waals surface area contributed by atoms with Gasteiger partial charge >= 0.3 is 0 Å². The van der Waals surface area contributed by atoms with Gasteiger partial charge in [-0.05, 0) is 51.6 Å². The van der Waals surface area contributed by atoms with Crippen LogP contribution < -0.4 is 0 Å². The minimum absolute atomic E-state index is 0.0728. The van der Waals surface area contributed by atoms with E-state index in [-0.39, 0.29) is 22.9 Å². The highest BCUT2D eigenvalue weighted by Crippen LogP contribution is 2.37. The lowest BCUT2D eigenvalue weighted by Crippen LogP contribution is -2.57. The number of carbonyl (C=O) groups is 1. The Bertz CT molecular complexity index is 510. The zero-order valence-electron chi connectivity index (χ0n) is 12.3. The van der Waals surface area contributed by atoms with Crippen LogP contribution in [0.25, 0.3) is 0 Å². The molecular formula is C15H22N2O3. The summed E-state index contributed by atoms with van der Waals surface area (Å²) in [5.41, 5.74) is 0.458. The normalized spacial score (nSPS) is 16.8. The quantitative estimate of drug-likeness (QED) is 0.822. The highest BCUT2D eigenvalue weighted by Gasteiger charge is 2.40. The summed E-state index contributed by atoms with van der Waals surface area (Å²) < 4.78 is 0. The van der Waals surface area contributed by atoms with Gasteiger partial charge in [0, 0.05) is 24.7 Å². The maximum Gasteiger partial charge on any atom is 0.253 e. The number of hydrogen-bond acceptors (Lipinski definition) is 4. The molecule has 0 heterocycles. The van der Waals surface area contributed by atoms with E-state index in [0.717, 1.165) is 12.8 Å². The van der Waals surface area contributed by atoms with Crippen LogP contribution in [0, 0.1) is 0 Å². The van der Waals surface area contributed by atoms with E-state index in [9.17, 15) is 15.0 Å². The number of amides is 1. The molecule has 5 heteroatoms. The van der Waals surface area contributed by atoms with E-state index in [2.05, 4.69) is 4.90 Å². The Kier molecular flexibility index (Phi) is 3.90. The topological polar surface area (TPSA) is 64.0 Å². The van der Waals surface area contributed by atoms with Crippen LogP contribution in [-0.2, 0) is 0 Å². The van der Waals surface area contributed by atoms with Crippen molar-refractivity contribution >= 4 is 5.91 Å². The number of benzene rings is 1. The molecule has 0 saturated heterocycles. The Morgan fingerprint density at radius 1 is 1.20 bits per heavy atom. The first kappa shape index (κ1) is 14.7. The second kappa shape index (κ2) is 5.32. The van der Waals surface area contributed by atoms with Crippen molar-refractivity contribution in [1.29, 1.82) is 0 Å². The largest absolute Gasteiger partial charge is 0.504 e. The fourth-order valence-electron chi connectivity index (χ4n) is 2.72. The molecule has 20 heavy (non-hydrogen) atoms. The van der Waals surface area contributed by atoms with Gasteiger partial charge in [-0.25, -0.2) is 0 Å². The van der Waals surface area contributed by atoms with Gasteiger partial charge in [0.1, 0.15) is 0 Å². The van der Waals surface area contributed by atoms with Gasteiger partial charge in [0.15, 0.2) is 11.5 Å². The summed E-state index contributed by atoms with van der Waals surface area (Å²) in [4.78, 5) is 16.2. The minimum Gasteiger partial charge on any atom is -0.504 e. The Hall–Kier alpha value is -1.75. The van der Waals surface area contributed by atoms with E-state index in [1.807, 2.05) is 14.1 Å². The number of likely N-dealkylation sites (N-methyl/N-ethyl adjacent to an activating group) is 2. The molecule has 0 spiro atoms. The van der Waals surface area contributed by atoms with Gasteiger partial charge < -0.3 is 20.0 Å². The monoisotopic (exact) mass is 278 g/mol. The molecule has 1 saturated carbocycles. The number of aromatic hydroxyl groups is 2. The molecule has 0 unspecified atom stereocenters. The van der Waals surface area contributed by atoms with Crippen LogP contribution in [0.4, 0.5) is 0 Å². The van der Waals surface area contributed by atoms with Crippen LogP contribution in [0.3, 0.4) is 0 Å². The minimum atomic E-state index is -0.268. The van der Waals surface area contributed by atoms with Crippen molar-refractivity contribution < 1.29 is 15.0 Å². The molecule has 0 atom stereocenters. The first-order valence-corrected chi connectivity index (χ1v) is 6.81. The number of rotatable bonds is 4. The molecule has 5 nitrogen and oxygen atoms in total. The molecule has 1 amide bonds. The number of hydrogen-bond donors (Lipinski definition) is 2. The fourth-order valence-corrected chi connectivity index (χ4v) is 2.72. The second-order valence-corrected chi connectivity index (χ2v) is 5.84. The van der Waals surface area contributed by atoms with E-state index in [1.165, 1.54) is 24.6 Å². The summed E-state index contributed by atoms with van der Waals surface area (Å²) in [7, 11) is 5.86. The van der Waals surface area contributed by atoms with Crippen molar-refractivity contribution in [2.75, 3.05) is 27.7 Å².